The zero-order chi connectivity index (χ0) is 12.8. The maximum Gasteiger partial charge on any atom is 0.0112 e. The summed E-state index contributed by atoms with van der Waals surface area (Å²) in [5.41, 5.74) is 0. The average Bonchev–Trinajstić information content (AvgIpc) is 2.25. The average molecular weight is 240 g/mol. The summed E-state index contributed by atoms with van der Waals surface area (Å²) in [7, 11) is 0. The highest BCUT2D eigenvalue weighted by atomic mass is 15.2. The summed E-state index contributed by atoms with van der Waals surface area (Å²) < 4.78 is 0. The van der Waals surface area contributed by atoms with Gasteiger partial charge in [0.1, 0.15) is 0 Å². The highest BCUT2D eigenvalue weighted by Crippen LogP contribution is 2.23. The van der Waals surface area contributed by atoms with Crippen LogP contribution >= 0.6 is 0 Å². The van der Waals surface area contributed by atoms with Gasteiger partial charge in [0.25, 0.3) is 0 Å². The van der Waals surface area contributed by atoms with Gasteiger partial charge in [-0.1, -0.05) is 6.92 Å². The number of hydrogen-bond donors (Lipinski definition) is 1. The molecule has 0 unspecified atom stereocenters. The van der Waals surface area contributed by atoms with Crippen LogP contribution in [0.15, 0.2) is 0 Å². The van der Waals surface area contributed by atoms with Crippen molar-refractivity contribution >= 4 is 0 Å². The van der Waals surface area contributed by atoms with Gasteiger partial charge in [-0.15, -0.1) is 0 Å². The van der Waals surface area contributed by atoms with Gasteiger partial charge in [0.15, 0.2) is 0 Å². The molecule has 0 aromatic rings. The van der Waals surface area contributed by atoms with Gasteiger partial charge in [-0.05, 0) is 59.3 Å². The predicted molar refractivity (Wildman–Crippen MR) is 76.4 cm³/mol. The van der Waals surface area contributed by atoms with Crippen molar-refractivity contribution in [2.75, 3.05) is 13.1 Å². The fourth-order valence-electron chi connectivity index (χ4n) is 2.97. The first kappa shape index (κ1) is 15.0. The second kappa shape index (κ2) is 7.38. The zero-order valence-electron chi connectivity index (χ0n) is 12.5. The van der Waals surface area contributed by atoms with Gasteiger partial charge in [0.2, 0.25) is 0 Å². The maximum atomic E-state index is 3.74. The number of nitrogens with zero attached hydrogens (tertiary/aromatic N) is 1. The highest BCUT2D eigenvalue weighted by Gasteiger charge is 2.18. The number of hydrogen-bond acceptors (Lipinski definition) is 2. The van der Waals surface area contributed by atoms with Crippen molar-refractivity contribution in [3.8, 4) is 0 Å². The van der Waals surface area contributed by atoms with Gasteiger partial charge in [-0.3, -0.25) is 4.90 Å². The third-order valence-electron chi connectivity index (χ3n) is 4.15. The molecule has 2 heteroatoms. The van der Waals surface area contributed by atoms with Gasteiger partial charge in [0, 0.05) is 31.2 Å². The monoisotopic (exact) mass is 240 g/mol. The molecule has 1 saturated carbocycles. The van der Waals surface area contributed by atoms with Gasteiger partial charge < -0.3 is 5.32 Å². The van der Waals surface area contributed by atoms with Crippen LogP contribution in [0, 0.1) is 5.92 Å². The van der Waals surface area contributed by atoms with Crippen LogP contribution in [0.2, 0.25) is 0 Å². The van der Waals surface area contributed by atoms with E-state index in [2.05, 4.69) is 44.8 Å². The van der Waals surface area contributed by atoms with E-state index in [-0.39, 0.29) is 0 Å². The second-order valence-electron chi connectivity index (χ2n) is 6.34. The van der Waals surface area contributed by atoms with Crippen molar-refractivity contribution in [3.63, 3.8) is 0 Å². The minimum absolute atomic E-state index is 0.656. The second-order valence-corrected chi connectivity index (χ2v) is 6.34. The lowest BCUT2D eigenvalue weighted by atomic mass is 9.87. The van der Waals surface area contributed by atoms with Crippen LogP contribution in [-0.4, -0.2) is 36.1 Å². The molecule has 0 radical (unpaired) electrons. The molecule has 1 aliphatic carbocycles. The van der Waals surface area contributed by atoms with Gasteiger partial charge in [0.05, 0.1) is 0 Å². The van der Waals surface area contributed by atoms with E-state index in [4.69, 9.17) is 0 Å². The van der Waals surface area contributed by atoms with Crippen LogP contribution in [-0.2, 0) is 0 Å². The summed E-state index contributed by atoms with van der Waals surface area (Å²) in [4.78, 5) is 2.57. The first-order chi connectivity index (χ1) is 8.00. The summed E-state index contributed by atoms with van der Waals surface area (Å²) >= 11 is 0. The topological polar surface area (TPSA) is 15.3 Å². The van der Waals surface area contributed by atoms with E-state index in [1.54, 1.807) is 0 Å². The van der Waals surface area contributed by atoms with Crippen molar-refractivity contribution in [2.45, 2.75) is 78.4 Å². The SMILES string of the molecule is CC1CCC(NCCN(C(C)C)C(C)C)CC1. The summed E-state index contributed by atoms with van der Waals surface area (Å²) in [6.07, 6.45) is 5.58. The molecule has 0 heterocycles. The van der Waals surface area contributed by atoms with Crippen molar-refractivity contribution in [3.05, 3.63) is 0 Å². The van der Waals surface area contributed by atoms with E-state index in [0.717, 1.165) is 18.5 Å². The molecule has 0 aromatic carbocycles. The van der Waals surface area contributed by atoms with E-state index in [1.165, 1.54) is 32.2 Å². The molecule has 0 amide bonds. The molecule has 0 bridgehead atoms. The van der Waals surface area contributed by atoms with Crippen molar-refractivity contribution in [2.24, 2.45) is 5.92 Å². The lowest BCUT2D eigenvalue weighted by molar-refractivity contribution is 0.171. The Hall–Kier alpha value is -0.0800. The van der Waals surface area contributed by atoms with Gasteiger partial charge in [-0.2, -0.15) is 0 Å². The van der Waals surface area contributed by atoms with Crippen LogP contribution < -0.4 is 5.32 Å². The van der Waals surface area contributed by atoms with Crippen molar-refractivity contribution < 1.29 is 0 Å². The van der Waals surface area contributed by atoms with Crippen LogP contribution in [0.5, 0.6) is 0 Å². The molecule has 1 aliphatic rings. The lowest BCUT2D eigenvalue weighted by Gasteiger charge is -2.32. The smallest absolute Gasteiger partial charge is 0.0112 e. The van der Waals surface area contributed by atoms with Gasteiger partial charge in [-0.25, -0.2) is 0 Å². The minimum Gasteiger partial charge on any atom is -0.313 e. The summed E-state index contributed by atoms with van der Waals surface area (Å²) in [6, 6.07) is 2.10. The van der Waals surface area contributed by atoms with E-state index in [0.29, 0.717) is 12.1 Å². The van der Waals surface area contributed by atoms with Crippen LogP contribution in [0.4, 0.5) is 0 Å². The zero-order valence-corrected chi connectivity index (χ0v) is 12.5. The number of nitrogens with one attached hydrogen (secondary N) is 1. The molecule has 1 N–H and O–H groups in total. The van der Waals surface area contributed by atoms with Crippen LogP contribution in [0.25, 0.3) is 0 Å². The Morgan fingerprint density at radius 2 is 1.53 bits per heavy atom. The quantitative estimate of drug-likeness (QED) is 0.766. The Labute approximate surface area is 108 Å². The summed E-state index contributed by atoms with van der Waals surface area (Å²) in [5, 5.41) is 3.74. The highest BCUT2D eigenvalue weighted by molar-refractivity contribution is 4.76. The van der Waals surface area contributed by atoms with Gasteiger partial charge >= 0.3 is 0 Å². The Morgan fingerprint density at radius 3 is 2.00 bits per heavy atom. The molecular weight excluding hydrogens is 208 g/mol. The molecule has 102 valence electrons. The molecular formula is C15H32N2. The Bertz CT molecular complexity index is 185. The minimum atomic E-state index is 0.656. The first-order valence-corrected chi connectivity index (χ1v) is 7.49. The van der Waals surface area contributed by atoms with E-state index < -0.39 is 0 Å². The van der Waals surface area contributed by atoms with E-state index in [1.807, 2.05) is 0 Å². The summed E-state index contributed by atoms with van der Waals surface area (Å²) in [5.74, 6) is 0.955. The normalized spacial score (nSPS) is 26.1. The molecule has 0 atom stereocenters. The lowest BCUT2D eigenvalue weighted by Crippen LogP contribution is -2.44. The molecule has 1 rings (SSSR count). The van der Waals surface area contributed by atoms with Crippen LogP contribution in [0.1, 0.15) is 60.3 Å². The molecule has 0 spiro atoms. The number of rotatable bonds is 6. The third-order valence-corrected chi connectivity index (χ3v) is 4.15. The molecule has 0 saturated heterocycles. The molecule has 0 aromatic heterocycles. The summed E-state index contributed by atoms with van der Waals surface area (Å²) in [6.45, 7) is 13.9. The van der Waals surface area contributed by atoms with Crippen molar-refractivity contribution in [1.29, 1.82) is 0 Å². The predicted octanol–water partition coefficient (Wildman–Crippen LogP) is 3.27. The van der Waals surface area contributed by atoms with E-state index in [9.17, 15) is 0 Å². The molecule has 17 heavy (non-hydrogen) atoms. The fourth-order valence-corrected chi connectivity index (χ4v) is 2.97. The van der Waals surface area contributed by atoms with Crippen molar-refractivity contribution in [1.82, 2.24) is 10.2 Å². The third kappa shape index (κ3) is 5.39. The largest absolute Gasteiger partial charge is 0.313 e. The Morgan fingerprint density at radius 1 is 1.00 bits per heavy atom. The standard InChI is InChI=1S/C15H32N2/c1-12(2)17(13(3)4)11-10-16-15-8-6-14(5)7-9-15/h12-16H,6-11H2,1-5H3. The Kier molecular flexibility index (Phi) is 6.50. The molecule has 1 fully saturated rings. The molecule has 0 aliphatic heterocycles. The van der Waals surface area contributed by atoms with E-state index >= 15 is 0 Å². The first-order valence-electron chi connectivity index (χ1n) is 7.49. The maximum absolute atomic E-state index is 3.74. The fraction of sp³-hybridized carbons (Fsp3) is 1.00. The molecule has 2 nitrogen and oxygen atoms in total. The Balaban J connectivity index is 2.18. The van der Waals surface area contributed by atoms with Crippen LogP contribution in [0.3, 0.4) is 0 Å².